The molecule has 0 aliphatic heterocycles. The molecule has 2 N–H and O–H groups in total. The number of likely N-dealkylation sites (N-methyl/N-ethyl adjacent to an activating group) is 1. The minimum Gasteiger partial charge on any atom is -0.480 e. The van der Waals surface area contributed by atoms with E-state index in [1.54, 1.807) is 24.3 Å². The molecule has 0 aliphatic carbocycles. The standard InChI is InChI=1S/C13H20N2O5S/c1-15(8-9-20-2)21(18,19)14-12(13(16)17)10-11-6-4-3-5-7-11/h3-7,12,14H,8-10H2,1-2H3,(H,16,17)/t12-/m1/s1. The second-order valence-electron chi connectivity index (χ2n) is 4.52. The third-order valence-corrected chi connectivity index (χ3v) is 4.48. The van der Waals surface area contributed by atoms with Gasteiger partial charge in [0.25, 0.3) is 10.2 Å². The van der Waals surface area contributed by atoms with Crippen LogP contribution in [0.25, 0.3) is 0 Å². The molecule has 0 heterocycles. The van der Waals surface area contributed by atoms with Crippen molar-refractivity contribution in [3.63, 3.8) is 0 Å². The van der Waals surface area contributed by atoms with Crippen LogP contribution in [0.2, 0.25) is 0 Å². The maximum Gasteiger partial charge on any atom is 0.322 e. The van der Waals surface area contributed by atoms with Crippen LogP contribution in [0.15, 0.2) is 30.3 Å². The molecule has 0 bridgehead atoms. The molecule has 1 atom stereocenters. The highest BCUT2D eigenvalue weighted by molar-refractivity contribution is 7.87. The van der Waals surface area contributed by atoms with Gasteiger partial charge in [-0.2, -0.15) is 17.4 Å². The van der Waals surface area contributed by atoms with E-state index in [1.165, 1.54) is 14.2 Å². The van der Waals surface area contributed by atoms with E-state index in [-0.39, 0.29) is 19.6 Å². The summed E-state index contributed by atoms with van der Waals surface area (Å²) in [6.45, 7) is 0.372. The molecule has 0 aliphatic rings. The topological polar surface area (TPSA) is 95.9 Å². The van der Waals surface area contributed by atoms with Gasteiger partial charge in [0.15, 0.2) is 0 Å². The molecule has 21 heavy (non-hydrogen) atoms. The van der Waals surface area contributed by atoms with Crippen molar-refractivity contribution >= 4 is 16.2 Å². The first-order chi connectivity index (χ1) is 9.86. The molecule has 1 aromatic carbocycles. The first-order valence-corrected chi connectivity index (χ1v) is 7.80. The maximum absolute atomic E-state index is 12.0. The lowest BCUT2D eigenvalue weighted by Crippen LogP contribution is -2.48. The lowest BCUT2D eigenvalue weighted by Gasteiger charge is -2.21. The Bertz CT molecular complexity index is 547. The van der Waals surface area contributed by atoms with E-state index >= 15 is 0 Å². The summed E-state index contributed by atoms with van der Waals surface area (Å²) in [5.41, 5.74) is 0.743. The SMILES string of the molecule is COCCN(C)S(=O)(=O)N[C@H](Cc1ccccc1)C(=O)O. The molecule has 0 unspecified atom stereocenters. The summed E-state index contributed by atoms with van der Waals surface area (Å²) < 4.78 is 32.1. The maximum atomic E-state index is 12.0. The second-order valence-corrected chi connectivity index (χ2v) is 6.33. The molecular formula is C13H20N2O5S. The van der Waals surface area contributed by atoms with Crippen molar-refractivity contribution in [3.8, 4) is 0 Å². The fraction of sp³-hybridized carbons (Fsp3) is 0.462. The number of aliphatic carboxylic acids is 1. The quantitative estimate of drug-likeness (QED) is 0.673. The van der Waals surface area contributed by atoms with Crippen LogP contribution in [0.1, 0.15) is 5.56 Å². The Morgan fingerprint density at radius 3 is 2.52 bits per heavy atom. The van der Waals surface area contributed by atoms with Gasteiger partial charge in [0.2, 0.25) is 0 Å². The van der Waals surface area contributed by atoms with Crippen LogP contribution >= 0.6 is 0 Å². The number of carbonyl (C=O) groups is 1. The number of nitrogens with one attached hydrogen (secondary N) is 1. The summed E-state index contributed by atoms with van der Waals surface area (Å²) in [5, 5.41) is 9.19. The summed E-state index contributed by atoms with van der Waals surface area (Å²) in [7, 11) is -1.05. The highest BCUT2D eigenvalue weighted by Crippen LogP contribution is 2.06. The van der Waals surface area contributed by atoms with E-state index in [4.69, 9.17) is 4.74 Å². The van der Waals surface area contributed by atoms with E-state index in [0.29, 0.717) is 0 Å². The zero-order valence-electron chi connectivity index (χ0n) is 12.0. The number of hydrogen-bond donors (Lipinski definition) is 2. The van der Waals surface area contributed by atoms with Gasteiger partial charge in [-0.25, -0.2) is 0 Å². The van der Waals surface area contributed by atoms with Gasteiger partial charge in [-0.05, 0) is 12.0 Å². The van der Waals surface area contributed by atoms with Gasteiger partial charge in [0.1, 0.15) is 6.04 Å². The zero-order chi connectivity index (χ0) is 15.9. The summed E-state index contributed by atoms with van der Waals surface area (Å²) in [5.74, 6) is -1.22. The van der Waals surface area contributed by atoms with Gasteiger partial charge in [-0.1, -0.05) is 30.3 Å². The molecule has 1 rings (SSSR count). The molecule has 0 aromatic heterocycles. The largest absolute Gasteiger partial charge is 0.480 e. The predicted octanol–water partition coefficient (Wildman–Crippen LogP) is 0.0949. The number of carboxylic acids is 1. The van der Waals surface area contributed by atoms with Crippen LogP contribution in [0, 0.1) is 0 Å². The highest BCUT2D eigenvalue weighted by atomic mass is 32.2. The lowest BCUT2D eigenvalue weighted by atomic mass is 10.1. The minimum absolute atomic E-state index is 0.0769. The predicted molar refractivity (Wildman–Crippen MR) is 78.1 cm³/mol. The Balaban J connectivity index is 2.76. The Kier molecular flexibility index (Phi) is 6.76. The van der Waals surface area contributed by atoms with Crippen LogP contribution in [0.5, 0.6) is 0 Å². The van der Waals surface area contributed by atoms with Gasteiger partial charge in [0, 0.05) is 20.7 Å². The van der Waals surface area contributed by atoms with Gasteiger partial charge in [-0.3, -0.25) is 4.79 Å². The fourth-order valence-electron chi connectivity index (χ4n) is 1.64. The first kappa shape index (κ1) is 17.6. The molecule has 8 heteroatoms. The Hall–Kier alpha value is -1.48. The molecule has 1 aromatic rings. The van der Waals surface area contributed by atoms with E-state index < -0.39 is 22.2 Å². The van der Waals surface area contributed by atoms with Crippen molar-refractivity contribution in [2.75, 3.05) is 27.3 Å². The minimum atomic E-state index is -3.87. The van der Waals surface area contributed by atoms with Crippen LogP contribution in [-0.2, 0) is 26.2 Å². The average Bonchev–Trinajstić information content (AvgIpc) is 2.44. The molecule has 118 valence electrons. The van der Waals surface area contributed by atoms with Crippen molar-refractivity contribution < 1.29 is 23.1 Å². The molecule has 7 nitrogen and oxygen atoms in total. The molecule has 0 saturated heterocycles. The van der Waals surface area contributed by atoms with Gasteiger partial charge in [0.05, 0.1) is 6.61 Å². The summed E-state index contributed by atoms with van der Waals surface area (Å²) >= 11 is 0. The van der Waals surface area contributed by atoms with Crippen molar-refractivity contribution in [1.29, 1.82) is 0 Å². The van der Waals surface area contributed by atoms with Gasteiger partial charge < -0.3 is 9.84 Å². The van der Waals surface area contributed by atoms with E-state index in [1.807, 2.05) is 6.07 Å². The molecule has 0 saturated carbocycles. The first-order valence-electron chi connectivity index (χ1n) is 6.36. The van der Waals surface area contributed by atoms with Crippen molar-refractivity contribution in [2.24, 2.45) is 0 Å². The summed E-state index contributed by atoms with van der Waals surface area (Å²) in [6.07, 6.45) is 0.0769. The third-order valence-electron chi connectivity index (χ3n) is 2.89. The zero-order valence-corrected chi connectivity index (χ0v) is 12.8. The molecule has 0 amide bonds. The van der Waals surface area contributed by atoms with Crippen LogP contribution in [0.4, 0.5) is 0 Å². The van der Waals surface area contributed by atoms with Gasteiger partial charge in [-0.15, -0.1) is 0 Å². The number of methoxy groups -OCH3 is 1. The summed E-state index contributed by atoms with van der Waals surface area (Å²) in [6, 6.07) is 7.63. The molecule has 0 fully saturated rings. The van der Waals surface area contributed by atoms with E-state index in [0.717, 1.165) is 9.87 Å². The Morgan fingerprint density at radius 2 is 2.00 bits per heavy atom. The van der Waals surface area contributed by atoms with Crippen LogP contribution in [-0.4, -0.2) is 57.1 Å². The number of carboxylic acid groups (broad SMARTS) is 1. The Labute approximate surface area is 124 Å². The molecule has 0 spiro atoms. The monoisotopic (exact) mass is 316 g/mol. The molecular weight excluding hydrogens is 296 g/mol. The number of ether oxygens (including phenoxy) is 1. The second kappa shape index (κ2) is 8.08. The number of rotatable bonds is 9. The lowest BCUT2D eigenvalue weighted by molar-refractivity contribution is -0.138. The van der Waals surface area contributed by atoms with Gasteiger partial charge >= 0.3 is 5.97 Å². The van der Waals surface area contributed by atoms with Crippen molar-refractivity contribution in [1.82, 2.24) is 9.03 Å². The summed E-state index contributed by atoms with van der Waals surface area (Å²) in [4.78, 5) is 11.2. The normalized spacial score (nSPS) is 13.3. The van der Waals surface area contributed by atoms with Crippen molar-refractivity contribution in [2.45, 2.75) is 12.5 Å². The smallest absolute Gasteiger partial charge is 0.322 e. The number of hydrogen-bond acceptors (Lipinski definition) is 4. The highest BCUT2D eigenvalue weighted by Gasteiger charge is 2.27. The Morgan fingerprint density at radius 1 is 1.38 bits per heavy atom. The third kappa shape index (κ3) is 5.80. The number of benzene rings is 1. The van der Waals surface area contributed by atoms with Crippen molar-refractivity contribution in [3.05, 3.63) is 35.9 Å². The van der Waals surface area contributed by atoms with Crippen LogP contribution in [0.3, 0.4) is 0 Å². The van der Waals surface area contributed by atoms with Crippen LogP contribution < -0.4 is 4.72 Å². The van der Waals surface area contributed by atoms with E-state index in [9.17, 15) is 18.3 Å². The molecule has 0 radical (unpaired) electrons. The average molecular weight is 316 g/mol. The van der Waals surface area contributed by atoms with E-state index in [2.05, 4.69) is 4.72 Å². The fourth-order valence-corrected chi connectivity index (χ4v) is 2.68. The number of nitrogens with zero attached hydrogens (tertiary/aromatic N) is 1.